The average molecular weight is 454 g/mol. The normalized spacial score (nSPS) is 11.1. The second-order valence-corrected chi connectivity index (χ2v) is 6.42. The number of hydrogen-bond acceptors (Lipinski definition) is 6. The Morgan fingerprint density at radius 3 is 3.00 bits per heavy atom. The van der Waals surface area contributed by atoms with Gasteiger partial charge in [0.05, 0.1) is 14.9 Å². The first-order valence-electron chi connectivity index (χ1n) is 6.94. The molecule has 0 amide bonds. The molecule has 0 atom stereocenters. The molecule has 0 fully saturated rings. The summed E-state index contributed by atoms with van der Waals surface area (Å²) in [6.07, 6.45) is 3.25. The van der Waals surface area contributed by atoms with E-state index in [1.54, 1.807) is 24.6 Å². The highest BCUT2D eigenvalue weighted by molar-refractivity contribution is 14.1. The second kappa shape index (κ2) is 6.40. The highest BCUT2D eigenvalue weighted by atomic mass is 127. The topological polar surface area (TPSA) is 74.2 Å². The van der Waals surface area contributed by atoms with Gasteiger partial charge in [0.15, 0.2) is 18.1 Å². The number of hydrogen-bond donors (Lipinski definition) is 0. The molecule has 3 heterocycles. The Hall–Kier alpha value is -2.13. The van der Waals surface area contributed by atoms with Crippen LogP contribution in [0, 0.1) is 3.57 Å². The molecule has 120 valence electrons. The van der Waals surface area contributed by atoms with Crippen LogP contribution in [0.5, 0.6) is 5.75 Å². The molecule has 1 aromatic carbocycles. The Bertz CT molecular complexity index is 1000. The fourth-order valence-electron chi connectivity index (χ4n) is 2.24. The first-order valence-corrected chi connectivity index (χ1v) is 8.40. The molecule has 0 bridgehead atoms. The van der Waals surface area contributed by atoms with E-state index in [0.29, 0.717) is 33.8 Å². The van der Waals surface area contributed by atoms with Crippen LogP contribution in [0.3, 0.4) is 0 Å². The minimum atomic E-state index is 0.122. The van der Waals surface area contributed by atoms with Gasteiger partial charge in [0.2, 0.25) is 5.82 Å². The van der Waals surface area contributed by atoms with E-state index in [-0.39, 0.29) is 6.61 Å². The second-order valence-electron chi connectivity index (χ2n) is 4.85. The van der Waals surface area contributed by atoms with Crippen molar-refractivity contribution in [2.75, 3.05) is 0 Å². The number of fused-ring (bicyclic) bond motifs is 1. The molecule has 4 rings (SSSR count). The zero-order chi connectivity index (χ0) is 16.5. The Labute approximate surface area is 154 Å². The van der Waals surface area contributed by atoms with Crippen LogP contribution in [0.25, 0.3) is 22.5 Å². The van der Waals surface area contributed by atoms with E-state index in [1.165, 1.54) is 0 Å². The van der Waals surface area contributed by atoms with E-state index in [9.17, 15) is 0 Å². The summed E-state index contributed by atoms with van der Waals surface area (Å²) in [6.45, 7) is 0.122. The lowest BCUT2D eigenvalue weighted by atomic mass is 10.2. The Kier molecular flexibility index (Phi) is 4.11. The highest BCUT2D eigenvalue weighted by Crippen LogP contribution is 2.35. The summed E-state index contributed by atoms with van der Waals surface area (Å²) < 4.78 is 17.1. The molecule has 4 aromatic rings. The maximum Gasteiger partial charge on any atom is 0.264 e. The maximum absolute atomic E-state index is 6.26. The van der Waals surface area contributed by atoms with Gasteiger partial charge in [0.25, 0.3) is 5.89 Å². The molecular formula is C16H9ClIN3O3. The predicted octanol–water partition coefficient (Wildman–Crippen LogP) is 4.71. The van der Waals surface area contributed by atoms with Crippen molar-refractivity contribution in [3.63, 3.8) is 0 Å². The van der Waals surface area contributed by atoms with Crippen LogP contribution in [-0.4, -0.2) is 15.1 Å². The van der Waals surface area contributed by atoms with Crippen molar-refractivity contribution in [3.05, 3.63) is 57.3 Å². The fourth-order valence-corrected chi connectivity index (χ4v) is 3.41. The van der Waals surface area contributed by atoms with Crippen LogP contribution in [0.15, 0.2) is 51.7 Å². The van der Waals surface area contributed by atoms with Crippen molar-refractivity contribution < 1.29 is 13.7 Å². The van der Waals surface area contributed by atoms with Crippen molar-refractivity contribution in [1.29, 1.82) is 0 Å². The van der Waals surface area contributed by atoms with Gasteiger partial charge >= 0.3 is 0 Å². The number of halogens is 2. The van der Waals surface area contributed by atoms with Gasteiger partial charge in [-0.15, -0.1) is 0 Å². The monoisotopic (exact) mass is 453 g/mol. The maximum atomic E-state index is 6.26. The average Bonchev–Trinajstić information content (AvgIpc) is 3.26. The van der Waals surface area contributed by atoms with Gasteiger partial charge < -0.3 is 13.7 Å². The summed E-state index contributed by atoms with van der Waals surface area (Å²) in [5.41, 5.74) is 0.695. The molecule has 3 aromatic heterocycles. The third kappa shape index (κ3) is 2.84. The minimum Gasteiger partial charge on any atom is -0.480 e. The van der Waals surface area contributed by atoms with Crippen molar-refractivity contribution in [1.82, 2.24) is 15.1 Å². The van der Waals surface area contributed by atoms with Crippen LogP contribution >= 0.6 is 34.2 Å². The van der Waals surface area contributed by atoms with Gasteiger partial charge in [-0.25, -0.2) is 0 Å². The summed E-state index contributed by atoms with van der Waals surface area (Å²) in [5, 5.41) is 5.33. The van der Waals surface area contributed by atoms with E-state index < -0.39 is 0 Å². The van der Waals surface area contributed by atoms with E-state index in [4.69, 9.17) is 25.3 Å². The molecule has 0 aliphatic rings. The van der Waals surface area contributed by atoms with E-state index in [1.807, 2.05) is 18.2 Å². The number of aromatic nitrogens is 3. The summed E-state index contributed by atoms with van der Waals surface area (Å²) >= 11 is 8.42. The lowest BCUT2D eigenvalue weighted by molar-refractivity contribution is 0.243. The predicted molar refractivity (Wildman–Crippen MR) is 95.8 cm³/mol. The lowest BCUT2D eigenvalue weighted by Crippen LogP contribution is -1.99. The highest BCUT2D eigenvalue weighted by Gasteiger charge is 2.15. The smallest absolute Gasteiger partial charge is 0.264 e. The molecule has 8 heteroatoms. The molecule has 0 radical (unpaired) electrons. The van der Waals surface area contributed by atoms with Crippen molar-refractivity contribution in [3.8, 4) is 17.3 Å². The largest absolute Gasteiger partial charge is 0.480 e. The van der Waals surface area contributed by atoms with E-state index in [0.717, 1.165) is 8.96 Å². The Balaban J connectivity index is 1.62. The third-order valence-corrected chi connectivity index (χ3v) is 4.41. The quantitative estimate of drug-likeness (QED) is 0.417. The van der Waals surface area contributed by atoms with Gasteiger partial charge in [-0.1, -0.05) is 16.8 Å². The fraction of sp³-hybridized carbons (Fsp3) is 0.0625. The van der Waals surface area contributed by atoms with E-state index in [2.05, 4.69) is 37.7 Å². The van der Waals surface area contributed by atoms with Crippen molar-refractivity contribution in [2.24, 2.45) is 0 Å². The summed E-state index contributed by atoms with van der Waals surface area (Å²) in [7, 11) is 0. The number of ether oxygens (including phenoxy) is 1. The molecule has 6 nitrogen and oxygen atoms in total. The number of rotatable bonds is 4. The van der Waals surface area contributed by atoms with Crippen LogP contribution < -0.4 is 4.74 Å². The molecule has 0 saturated carbocycles. The summed E-state index contributed by atoms with van der Waals surface area (Å²) in [4.78, 5) is 8.61. The third-order valence-electron chi connectivity index (χ3n) is 3.30. The number of pyridine rings is 1. The van der Waals surface area contributed by atoms with Crippen LogP contribution in [0.1, 0.15) is 5.89 Å². The molecule has 24 heavy (non-hydrogen) atoms. The molecular weight excluding hydrogens is 445 g/mol. The Morgan fingerprint density at radius 1 is 1.25 bits per heavy atom. The van der Waals surface area contributed by atoms with Crippen molar-refractivity contribution in [2.45, 2.75) is 6.61 Å². The first-order chi connectivity index (χ1) is 11.7. The summed E-state index contributed by atoms with van der Waals surface area (Å²) in [6, 6.07) is 9.09. The molecule has 0 N–H and O–H groups in total. The van der Waals surface area contributed by atoms with Gasteiger partial charge in [-0.2, -0.15) is 4.98 Å². The molecule has 0 saturated heterocycles. The number of nitrogens with zero attached hydrogens (tertiary/aromatic N) is 3. The zero-order valence-electron chi connectivity index (χ0n) is 12.1. The standard InChI is InChI=1S/C16H9ClIN3O3/c17-10-7-11(18)15(14-9(10)3-1-5-19-14)23-8-13-20-16(21-24-13)12-4-2-6-22-12/h1-7H,8H2. The molecule has 0 spiro atoms. The van der Waals surface area contributed by atoms with Gasteiger partial charge in [-0.05, 0) is 52.9 Å². The molecule has 0 unspecified atom stereocenters. The molecule has 0 aliphatic heterocycles. The van der Waals surface area contributed by atoms with Gasteiger partial charge in [-0.3, -0.25) is 4.98 Å². The van der Waals surface area contributed by atoms with Gasteiger partial charge in [0, 0.05) is 11.6 Å². The van der Waals surface area contributed by atoms with Crippen LogP contribution in [0.2, 0.25) is 5.02 Å². The number of benzene rings is 1. The van der Waals surface area contributed by atoms with E-state index >= 15 is 0 Å². The lowest BCUT2D eigenvalue weighted by Gasteiger charge is -2.10. The SMILES string of the molecule is Clc1cc(I)c(OCc2nc(-c3ccco3)no2)c2ncccc12. The van der Waals surface area contributed by atoms with Crippen LogP contribution in [0.4, 0.5) is 0 Å². The summed E-state index contributed by atoms with van der Waals surface area (Å²) in [5.74, 6) is 1.90. The molecule has 0 aliphatic carbocycles. The number of furan rings is 1. The minimum absolute atomic E-state index is 0.122. The Morgan fingerprint density at radius 2 is 2.17 bits per heavy atom. The van der Waals surface area contributed by atoms with Crippen LogP contribution in [-0.2, 0) is 6.61 Å². The zero-order valence-corrected chi connectivity index (χ0v) is 15.0. The van der Waals surface area contributed by atoms with Gasteiger partial charge in [0.1, 0.15) is 5.52 Å². The first kappa shape index (κ1) is 15.4. The van der Waals surface area contributed by atoms with Crippen molar-refractivity contribution >= 4 is 45.1 Å².